The van der Waals surface area contributed by atoms with Crippen LogP contribution in [0, 0.1) is 0 Å². The lowest BCUT2D eigenvalue weighted by atomic mass is 10.1. The van der Waals surface area contributed by atoms with Crippen molar-refractivity contribution in [1.82, 2.24) is 15.2 Å². The molecule has 1 amide bonds. The molecule has 2 rings (SSSR count). The largest absolute Gasteiger partial charge is 0.462 e. The van der Waals surface area contributed by atoms with E-state index in [-0.39, 0.29) is 11.9 Å². The zero-order chi connectivity index (χ0) is 16.7. The fourth-order valence-corrected chi connectivity index (χ4v) is 2.54. The predicted octanol–water partition coefficient (Wildman–Crippen LogP) is 0.881. The third kappa shape index (κ3) is 5.21. The number of amides is 1. The zero-order valence-electron chi connectivity index (χ0n) is 13.7. The molecular weight excluding hydrogens is 296 g/mol. The number of rotatable bonds is 6. The lowest BCUT2D eigenvalue weighted by Gasteiger charge is -2.32. The molecule has 1 aromatic rings. The van der Waals surface area contributed by atoms with Crippen LogP contribution in [0.3, 0.4) is 0 Å². The van der Waals surface area contributed by atoms with Gasteiger partial charge in [0.25, 0.3) is 0 Å². The van der Waals surface area contributed by atoms with E-state index in [2.05, 4.69) is 20.5 Å². The molecule has 23 heavy (non-hydrogen) atoms. The Balaban J connectivity index is 1.80. The van der Waals surface area contributed by atoms with Crippen LogP contribution in [0.5, 0.6) is 0 Å². The van der Waals surface area contributed by atoms with Crippen molar-refractivity contribution >= 4 is 17.7 Å². The molecule has 0 atom stereocenters. The van der Waals surface area contributed by atoms with Gasteiger partial charge in [0.05, 0.1) is 18.7 Å². The van der Waals surface area contributed by atoms with Crippen molar-refractivity contribution in [3.63, 3.8) is 0 Å². The van der Waals surface area contributed by atoms with Crippen LogP contribution in [-0.4, -0.2) is 61.1 Å². The number of nitrogens with one attached hydrogen (secondary N) is 2. The minimum absolute atomic E-state index is 0.0487. The molecule has 126 valence electrons. The van der Waals surface area contributed by atoms with Crippen molar-refractivity contribution in [3.05, 3.63) is 23.9 Å². The summed E-state index contributed by atoms with van der Waals surface area (Å²) in [7, 11) is 1.66. The van der Waals surface area contributed by atoms with Crippen LogP contribution in [0.1, 0.15) is 30.1 Å². The smallest absolute Gasteiger partial charge is 0.339 e. The Morgan fingerprint density at radius 2 is 2.09 bits per heavy atom. The second-order valence-corrected chi connectivity index (χ2v) is 5.52. The summed E-state index contributed by atoms with van der Waals surface area (Å²) in [5, 5.41) is 6.02. The number of carbonyl (C=O) groups is 2. The molecule has 7 heteroatoms. The van der Waals surface area contributed by atoms with Gasteiger partial charge in [-0.15, -0.1) is 0 Å². The van der Waals surface area contributed by atoms with Gasteiger partial charge in [0.2, 0.25) is 5.91 Å². The fourth-order valence-electron chi connectivity index (χ4n) is 2.54. The number of piperidine rings is 1. The Bertz CT molecular complexity index is 525. The Morgan fingerprint density at radius 3 is 2.65 bits per heavy atom. The van der Waals surface area contributed by atoms with E-state index in [1.807, 2.05) is 0 Å². The molecule has 0 saturated carbocycles. The number of nitrogens with zero attached hydrogens (tertiary/aromatic N) is 2. The van der Waals surface area contributed by atoms with Crippen LogP contribution in [0.15, 0.2) is 18.3 Å². The third-order valence-electron chi connectivity index (χ3n) is 3.86. The highest BCUT2D eigenvalue weighted by atomic mass is 16.5. The summed E-state index contributed by atoms with van der Waals surface area (Å²) in [5.41, 5.74) is 0.456. The van der Waals surface area contributed by atoms with Crippen molar-refractivity contribution in [1.29, 1.82) is 0 Å². The molecule has 0 bridgehead atoms. The molecule has 1 saturated heterocycles. The highest BCUT2D eigenvalue weighted by Gasteiger charge is 2.20. The maximum Gasteiger partial charge on any atom is 0.339 e. The Kier molecular flexibility index (Phi) is 6.34. The quantitative estimate of drug-likeness (QED) is 0.757. The van der Waals surface area contributed by atoms with E-state index in [0.717, 1.165) is 31.7 Å². The van der Waals surface area contributed by atoms with Gasteiger partial charge in [-0.05, 0) is 31.9 Å². The molecule has 0 spiro atoms. The van der Waals surface area contributed by atoms with E-state index in [1.54, 1.807) is 26.1 Å². The van der Waals surface area contributed by atoms with E-state index >= 15 is 0 Å². The number of hydrogen-bond donors (Lipinski definition) is 2. The van der Waals surface area contributed by atoms with Crippen molar-refractivity contribution in [3.8, 4) is 0 Å². The Labute approximate surface area is 136 Å². The summed E-state index contributed by atoms with van der Waals surface area (Å²) in [5.74, 6) is 0.449. The van der Waals surface area contributed by atoms with Crippen LogP contribution in [-0.2, 0) is 9.53 Å². The first-order valence-corrected chi connectivity index (χ1v) is 7.95. The molecule has 1 fully saturated rings. The summed E-state index contributed by atoms with van der Waals surface area (Å²) < 4.78 is 4.93. The lowest BCUT2D eigenvalue weighted by Crippen LogP contribution is -2.43. The standard InChI is InChI=1S/C16H24N4O3/c1-3-23-16(22)12-4-5-14(18-10-12)19-13-6-8-20(9-7-13)11-15(21)17-2/h4-5,10,13H,3,6-9,11H2,1-2H3,(H,17,21)(H,18,19). The number of anilines is 1. The van der Waals surface area contributed by atoms with Crippen LogP contribution in [0.4, 0.5) is 5.82 Å². The molecule has 7 nitrogen and oxygen atoms in total. The van der Waals surface area contributed by atoms with Gasteiger partial charge in [-0.2, -0.15) is 0 Å². The molecule has 2 heterocycles. The minimum atomic E-state index is -0.353. The van der Waals surface area contributed by atoms with Crippen LogP contribution >= 0.6 is 0 Å². The number of carbonyl (C=O) groups excluding carboxylic acids is 2. The van der Waals surface area contributed by atoms with Gasteiger partial charge in [0, 0.05) is 32.4 Å². The average Bonchev–Trinajstić information content (AvgIpc) is 2.57. The lowest BCUT2D eigenvalue weighted by molar-refractivity contribution is -0.122. The van der Waals surface area contributed by atoms with Crippen LogP contribution in [0.2, 0.25) is 0 Å². The molecule has 2 N–H and O–H groups in total. The topological polar surface area (TPSA) is 83.6 Å². The number of aromatic nitrogens is 1. The summed E-state index contributed by atoms with van der Waals surface area (Å²) >= 11 is 0. The maximum atomic E-state index is 11.6. The number of likely N-dealkylation sites (tertiary alicyclic amines) is 1. The van der Waals surface area contributed by atoms with Gasteiger partial charge < -0.3 is 15.4 Å². The molecule has 1 aromatic heterocycles. The van der Waals surface area contributed by atoms with Gasteiger partial charge in [0.15, 0.2) is 0 Å². The molecule has 0 aromatic carbocycles. The van der Waals surface area contributed by atoms with Crippen LogP contribution < -0.4 is 10.6 Å². The number of ether oxygens (including phenoxy) is 1. The maximum absolute atomic E-state index is 11.6. The van der Waals surface area contributed by atoms with E-state index in [9.17, 15) is 9.59 Å². The normalized spacial score (nSPS) is 15.9. The highest BCUT2D eigenvalue weighted by molar-refractivity contribution is 5.89. The fraction of sp³-hybridized carbons (Fsp3) is 0.562. The molecule has 0 aliphatic carbocycles. The highest BCUT2D eigenvalue weighted by Crippen LogP contribution is 2.15. The number of hydrogen-bond acceptors (Lipinski definition) is 6. The Hall–Kier alpha value is -2.15. The molecule has 1 aliphatic heterocycles. The third-order valence-corrected chi connectivity index (χ3v) is 3.86. The minimum Gasteiger partial charge on any atom is -0.462 e. The van der Waals surface area contributed by atoms with Gasteiger partial charge in [-0.3, -0.25) is 9.69 Å². The van der Waals surface area contributed by atoms with E-state index < -0.39 is 0 Å². The second kappa shape index (κ2) is 8.47. The monoisotopic (exact) mass is 320 g/mol. The van der Waals surface area contributed by atoms with Gasteiger partial charge in [0.1, 0.15) is 5.82 Å². The summed E-state index contributed by atoms with van der Waals surface area (Å²) in [6.45, 7) is 4.35. The number of esters is 1. The van der Waals surface area contributed by atoms with Crippen molar-refractivity contribution in [2.45, 2.75) is 25.8 Å². The van der Waals surface area contributed by atoms with Crippen molar-refractivity contribution in [2.24, 2.45) is 0 Å². The van der Waals surface area contributed by atoms with Crippen molar-refractivity contribution in [2.75, 3.05) is 38.6 Å². The zero-order valence-corrected chi connectivity index (χ0v) is 13.7. The van der Waals surface area contributed by atoms with E-state index in [4.69, 9.17) is 4.74 Å². The number of pyridine rings is 1. The molecule has 0 unspecified atom stereocenters. The summed E-state index contributed by atoms with van der Waals surface area (Å²) in [4.78, 5) is 29.4. The van der Waals surface area contributed by atoms with Crippen molar-refractivity contribution < 1.29 is 14.3 Å². The average molecular weight is 320 g/mol. The Morgan fingerprint density at radius 1 is 1.35 bits per heavy atom. The van der Waals surface area contributed by atoms with Gasteiger partial charge in [-0.25, -0.2) is 9.78 Å². The SMILES string of the molecule is CCOC(=O)c1ccc(NC2CCN(CC(=O)NC)CC2)nc1. The second-order valence-electron chi connectivity index (χ2n) is 5.52. The van der Waals surface area contributed by atoms with Gasteiger partial charge in [-0.1, -0.05) is 0 Å². The van der Waals surface area contributed by atoms with E-state index in [0.29, 0.717) is 24.8 Å². The first-order chi connectivity index (χ1) is 11.1. The molecule has 1 aliphatic rings. The number of likely N-dealkylation sites (N-methyl/N-ethyl adjacent to an activating group) is 1. The molecular formula is C16H24N4O3. The summed E-state index contributed by atoms with van der Waals surface area (Å²) in [6, 6.07) is 3.84. The van der Waals surface area contributed by atoms with Gasteiger partial charge >= 0.3 is 5.97 Å². The van der Waals surface area contributed by atoms with Crippen LogP contribution in [0.25, 0.3) is 0 Å². The first-order valence-electron chi connectivity index (χ1n) is 7.95. The first kappa shape index (κ1) is 17.2. The summed E-state index contributed by atoms with van der Waals surface area (Å²) in [6.07, 6.45) is 3.44. The van der Waals surface area contributed by atoms with E-state index in [1.165, 1.54) is 6.20 Å². The predicted molar refractivity (Wildman–Crippen MR) is 87.3 cm³/mol. The molecule has 0 radical (unpaired) electrons.